The number of benzene rings is 1. The number of methoxy groups -OCH3 is 1. The van der Waals surface area contributed by atoms with Crippen molar-refractivity contribution in [3.63, 3.8) is 0 Å². The van der Waals surface area contributed by atoms with Crippen molar-refractivity contribution >= 4 is 11.7 Å². The fourth-order valence-electron chi connectivity index (χ4n) is 4.96. The summed E-state index contributed by atoms with van der Waals surface area (Å²) >= 11 is 0. The Morgan fingerprint density at radius 1 is 1.30 bits per heavy atom. The molecule has 0 radical (unpaired) electrons. The van der Waals surface area contributed by atoms with Crippen LogP contribution in [0.4, 0.5) is 10.5 Å². The lowest BCUT2D eigenvalue weighted by Gasteiger charge is -2.48. The summed E-state index contributed by atoms with van der Waals surface area (Å²) in [5.74, 6) is 0.988. The predicted molar refractivity (Wildman–Crippen MR) is 107 cm³/mol. The molecular formula is C21H33N3O3. The van der Waals surface area contributed by atoms with Crippen LogP contribution in [0.1, 0.15) is 51.9 Å². The maximum absolute atomic E-state index is 11.8. The third-order valence-electron chi connectivity index (χ3n) is 6.43. The van der Waals surface area contributed by atoms with Gasteiger partial charge in [0.25, 0.3) is 0 Å². The van der Waals surface area contributed by atoms with Crippen LogP contribution in [0.5, 0.6) is 5.75 Å². The van der Waals surface area contributed by atoms with Crippen LogP contribution in [-0.2, 0) is 0 Å². The number of ether oxygens (including phenoxy) is 1. The number of carbonyl (C=O) groups is 1. The topological polar surface area (TPSA) is 87.8 Å². The summed E-state index contributed by atoms with van der Waals surface area (Å²) in [4.78, 5) is 14.1. The monoisotopic (exact) mass is 375 g/mol. The van der Waals surface area contributed by atoms with E-state index >= 15 is 0 Å². The number of nitrogens with zero attached hydrogens (tertiary/aromatic N) is 1. The first-order valence-electron chi connectivity index (χ1n) is 10.1. The summed E-state index contributed by atoms with van der Waals surface area (Å²) in [6.07, 6.45) is 7.32. The number of nitrogens with two attached hydrogens (primary N) is 1. The highest BCUT2D eigenvalue weighted by atomic mass is 16.5. The lowest BCUT2D eigenvalue weighted by Crippen LogP contribution is -2.65. The molecule has 2 fully saturated rings. The Hall–Kier alpha value is -1.95. The molecule has 1 aromatic carbocycles. The van der Waals surface area contributed by atoms with Crippen molar-refractivity contribution < 1.29 is 14.6 Å². The molecule has 0 aromatic heterocycles. The van der Waals surface area contributed by atoms with E-state index < -0.39 is 17.7 Å². The van der Waals surface area contributed by atoms with Crippen LogP contribution >= 0.6 is 0 Å². The van der Waals surface area contributed by atoms with Gasteiger partial charge >= 0.3 is 6.03 Å². The van der Waals surface area contributed by atoms with E-state index in [0.29, 0.717) is 0 Å². The summed E-state index contributed by atoms with van der Waals surface area (Å²) in [7, 11) is 1.66. The van der Waals surface area contributed by atoms with E-state index in [0.717, 1.165) is 62.9 Å². The van der Waals surface area contributed by atoms with Gasteiger partial charge in [0, 0.05) is 18.3 Å². The number of rotatable bonds is 6. The Morgan fingerprint density at radius 3 is 2.67 bits per heavy atom. The molecular weight excluding hydrogens is 342 g/mol. The Balaban J connectivity index is 1.93. The van der Waals surface area contributed by atoms with Crippen LogP contribution < -0.4 is 20.7 Å². The molecule has 3 atom stereocenters. The Bertz CT molecular complexity index is 643. The van der Waals surface area contributed by atoms with Crippen LogP contribution in [0.2, 0.25) is 0 Å². The largest absolute Gasteiger partial charge is 0.497 e. The lowest BCUT2D eigenvalue weighted by atomic mass is 9.76. The quantitative estimate of drug-likeness (QED) is 0.713. The minimum atomic E-state index is -0.995. The van der Waals surface area contributed by atoms with Crippen LogP contribution in [0.15, 0.2) is 24.3 Å². The Labute approximate surface area is 162 Å². The first kappa shape index (κ1) is 19.8. The summed E-state index contributed by atoms with van der Waals surface area (Å²) in [5.41, 5.74) is 5.58. The molecule has 0 bridgehead atoms. The van der Waals surface area contributed by atoms with Crippen molar-refractivity contribution in [3.05, 3.63) is 24.3 Å². The smallest absolute Gasteiger partial charge is 0.312 e. The molecule has 150 valence electrons. The average Bonchev–Trinajstić information content (AvgIpc) is 3.22. The zero-order valence-electron chi connectivity index (χ0n) is 16.5. The highest BCUT2D eigenvalue weighted by Gasteiger charge is 2.47. The normalized spacial score (nSPS) is 24.3. The molecule has 0 spiro atoms. The first-order chi connectivity index (χ1) is 12.9. The van der Waals surface area contributed by atoms with E-state index in [4.69, 9.17) is 10.5 Å². The molecule has 4 N–H and O–H groups in total. The Morgan fingerprint density at radius 2 is 2.00 bits per heavy atom. The molecule has 27 heavy (non-hydrogen) atoms. The number of urea groups is 1. The second-order valence-corrected chi connectivity index (χ2v) is 8.15. The van der Waals surface area contributed by atoms with E-state index in [1.54, 1.807) is 7.11 Å². The molecule has 3 rings (SSSR count). The van der Waals surface area contributed by atoms with E-state index in [1.807, 2.05) is 25.1 Å². The molecule has 1 aliphatic carbocycles. The van der Waals surface area contributed by atoms with Crippen molar-refractivity contribution in [2.45, 2.75) is 69.6 Å². The fraction of sp³-hybridized carbons (Fsp3) is 0.667. The predicted octanol–water partition coefficient (Wildman–Crippen LogP) is 3.03. The van der Waals surface area contributed by atoms with Crippen LogP contribution in [-0.4, -0.2) is 42.5 Å². The minimum absolute atomic E-state index is 0.00560. The molecule has 2 unspecified atom stereocenters. The summed E-state index contributed by atoms with van der Waals surface area (Å²) < 4.78 is 5.39. The van der Waals surface area contributed by atoms with E-state index in [1.165, 1.54) is 0 Å². The zero-order chi connectivity index (χ0) is 19.4. The van der Waals surface area contributed by atoms with Gasteiger partial charge in [-0.1, -0.05) is 18.9 Å². The number of anilines is 1. The number of amides is 2. The van der Waals surface area contributed by atoms with E-state index in [9.17, 15) is 9.90 Å². The zero-order valence-corrected chi connectivity index (χ0v) is 16.5. The van der Waals surface area contributed by atoms with Gasteiger partial charge in [-0.2, -0.15) is 0 Å². The van der Waals surface area contributed by atoms with Crippen molar-refractivity contribution in [2.75, 3.05) is 18.6 Å². The molecule has 1 aromatic rings. The summed E-state index contributed by atoms with van der Waals surface area (Å²) in [5, 5.41) is 14.4. The SMILES string of the molecule is COc1cccc(N2CCCCC2C(NC(N)=O)[C@](C)(O)C2CCCC2)c1. The average molecular weight is 376 g/mol. The first-order valence-corrected chi connectivity index (χ1v) is 10.1. The number of carbonyl (C=O) groups excluding carboxylic acids is 1. The number of piperidine rings is 1. The highest BCUT2D eigenvalue weighted by molar-refractivity contribution is 5.72. The molecule has 6 heteroatoms. The van der Waals surface area contributed by atoms with Gasteiger partial charge in [-0.25, -0.2) is 4.79 Å². The summed E-state index contributed by atoms with van der Waals surface area (Å²) in [6, 6.07) is 6.99. The van der Waals surface area contributed by atoms with Crippen molar-refractivity contribution in [1.29, 1.82) is 0 Å². The van der Waals surface area contributed by atoms with Crippen LogP contribution in [0, 0.1) is 5.92 Å². The van der Waals surface area contributed by atoms with Crippen molar-refractivity contribution in [2.24, 2.45) is 11.7 Å². The molecule has 2 aliphatic rings. The molecule has 1 heterocycles. The number of nitrogens with one attached hydrogen (secondary N) is 1. The highest BCUT2D eigenvalue weighted by Crippen LogP contribution is 2.40. The van der Waals surface area contributed by atoms with Gasteiger partial charge in [0.15, 0.2) is 0 Å². The van der Waals surface area contributed by atoms with Gasteiger partial charge in [-0.05, 0) is 57.1 Å². The maximum Gasteiger partial charge on any atom is 0.312 e. The molecule has 6 nitrogen and oxygen atoms in total. The fourth-order valence-corrected chi connectivity index (χ4v) is 4.96. The molecule has 1 saturated carbocycles. The minimum Gasteiger partial charge on any atom is -0.497 e. The number of hydrogen-bond donors (Lipinski definition) is 3. The van der Waals surface area contributed by atoms with Crippen LogP contribution in [0.25, 0.3) is 0 Å². The lowest BCUT2D eigenvalue weighted by molar-refractivity contribution is -0.0390. The second kappa shape index (κ2) is 8.38. The van der Waals surface area contributed by atoms with Gasteiger partial charge in [0.05, 0.1) is 24.8 Å². The Kier molecular flexibility index (Phi) is 6.15. The molecule has 1 saturated heterocycles. The third-order valence-corrected chi connectivity index (χ3v) is 6.43. The van der Waals surface area contributed by atoms with Crippen molar-refractivity contribution in [3.8, 4) is 5.75 Å². The van der Waals surface area contributed by atoms with Gasteiger partial charge in [0.1, 0.15) is 5.75 Å². The van der Waals surface area contributed by atoms with Gasteiger partial charge < -0.3 is 25.8 Å². The number of aliphatic hydroxyl groups is 1. The second-order valence-electron chi connectivity index (χ2n) is 8.15. The summed E-state index contributed by atoms with van der Waals surface area (Å²) in [6.45, 7) is 2.76. The van der Waals surface area contributed by atoms with Gasteiger partial charge in [-0.3, -0.25) is 0 Å². The maximum atomic E-state index is 11.8. The van der Waals surface area contributed by atoms with Crippen LogP contribution in [0.3, 0.4) is 0 Å². The number of hydrogen-bond acceptors (Lipinski definition) is 4. The third kappa shape index (κ3) is 4.32. The standard InChI is InChI=1S/C21H33N3O3/c1-21(26,15-8-3-4-9-15)19(23-20(22)25)18-12-5-6-13-24(18)16-10-7-11-17(14-16)27-2/h7,10-11,14-15,18-19,26H,3-6,8-9,12-13H2,1-2H3,(H3,22,23,25)/t18?,19?,21-/m1/s1. The van der Waals surface area contributed by atoms with E-state index in [-0.39, 0.29) is 12.0 Å². The molecule has 1 aliphatic heterocycles. The van der Waals surface area contributed by atoms with Crippen molar-refractivity contribution in [1.82, 2.24) is 5.32 Å². The van der Waals surface area contributed by atoms with E-state index in [2.05, 4.69) is 16.3 Å². The molecule has 2 amide bonds. The number of primary amides is 1. The van der Waals surface area contributed by atoms with Gasteiger partial charge in [-0.15, -0.1) is 0 Å². The van der Waals surface area contributed by atoms with Gasteiger partial charge in [0.2, 0.25) is 0 Å².